The van der Waals surface area contributed by atoms with Crippen LogP contribution >= 0.6 is 0 Å². The van der Waals surface area contributed by atoms with Crippen molar-refractivity contribution in [3.63, 3.8) is 0 Å². The van der Waals surface area contributed by atoms with Crippen LogP contribution in [-0.2, 0) is 19.1 Å². The summed E-state index contributed by atoms with van der Waals surface area (Å²) in [6.07, 6.45) is 38.8. The van der Waals surface area contributed by atoms with Gasteiger partial charge in [0.2, 0.25) is 5.91 Å². The topological polar surface area (TPSA) is 92.7 Å². The Hall–Kier alpha value is -2.37. The van der Waals surface area contributed by atoms with Crippen molar-refractivity contribution in [2.45, 2.75) is 174 Å². The molecule has 0 aliphatic rings. The molecule has 0 spiro atoms. The van der Waals surface area contributed by atoms with Gasteiger partial charge in [-0.05, 0) is 70.6 Å². The van der Waals surface area contributed by atoms with E-state index in [9.17, 15) is 14.4 Å². The molecule has 43 heavy (non-hydrogen) atoms. The van der Waals surface area contributed by atoms with Gasteiger partial charge in [0, 0.05) is 12.8 Å². The maximum absolute atomic E-state index is 12.4. The van der Waals surface area contributed by atoms with Gasteiger partial charge < -0.3 is 15.2 Å². The first-order chi connectivity index (χ1) is 21.0. The van der Waals surface area contributed by atoms with Crippen LogP contribution in [0.5, 0.6) is 0 Å². The van der Waals surface area contributed by atoms with Crippen LogP contribution in [-0.4, -0.2) is 35.6 Å². The fourth-order valence-electron chi connectivity index (χ4n) is 4.92. The summed E-state index contributed by atoms with van der Waals surface area (Å²) in [7, 11) is 0. The molecule has 0 rings (SSSR count). The first-order valence-electron chi connectivity index (χ1n) is 17.6. The molecule has 0 bridgehead atoms. The number of carbonyl (C=O) groups is 3. The lowest BCUT2D eigenvalue weighted by molar-refractivity contribution is -0.150. The Labute approximate surface area is 264 Å². The molecule has 248 valence electrons. The SMILES string of the molecule is CCCCCCC/C=C\C/C=C\C/C=C\CCCCCCCCC(=O)OC(CCCC)CCCCCC(=O)NCC(=O)O. The molecule has 0 radical (unpaired) electrons. The molecule has 6 heteroatoms. The highest BCUT2D eigenvalue weighted by molar-refractivity contribution is 5.80. The number of aliphatic carboxylic acids is 1. The smallest absolute Gasteiger partial charge is 0.322 e. The van der Waals surface area contributed by atoms with E-state index in [4.69, 9.17) is 9.84 Å². The van der Waals surface area contributed by atoms with E-state index in [1.807, 2.05) is 0 Å². The summed E-state index contributed by atoms with van der Waals surface area (Å²) in [5.41, 5.74) is 0. The number of amides is 1. The van der Waals surface area contributed by atoms with E-state index in [-0.39, 0.29) is 24.5 Å². The summed E-state index contributed by atoms with van der Waals surface area (Å²) in [6, 6.07) is 0. The van der Waals surface area contributed by atoms with E-state index in [0.717, 1.165) is 70.6 Å². The molecule has 0 aromatic carbocycles. The van der Waals surface area contributed by atoms with E-state index in [2.05, 4.69) is 55.6 Å². The molecular formula is C37H65NO5. The zero-order chi connectivity index (χ0) is 31.6. The van der Waals surface area contributed by atoms with Crippen molar-refractivity contribution in [3.05, 3.63) is 36.5 Å². The number of carboxylic acid groups (broad SMARTS) is 1. The summed E-state index contributed by atoms with van der Waals surface area (Å²) >= 11 is 0. The Bertz CT molecular complexity index is 758. The average Bonchev–Trinajstić information content (AvgIpc) is 2.99. The molecule has 0 saturated carbocycles. The number of hydrogen-bond donors (Lipinski definition) is 2. The first-order valence-corrected chi connectivity index (χ1v) is 17.6. The molecule has 0 aliphatic heterocycles. The molecule has 0 aliphatic carbocycles. The van der Waals surface area contributed by atoms with Gasteiger partial charge in [0.1, 0.15) is 12.6 Å². The van der Waals surface area contributed by atoms with E-state index in [0.29, 0.717) is 19.3 Å². The maximum atomic E-state index is 12.4. The monoisotopic (exact) mass is 603 g/mol. The van der Waals surface area contributed by atoms with Gasteiger partial charge in [0.25, 0.3) is 0 Å². The summed E-state index contributed by atoms with van der Waals surface area (Å²) in [6.45, 7) is 4.07. The largest absolute Gasteiger partial charge is 0.480 e. The lowest BCUT2D eigenvalue weighted by Gasteiger charge is -2.18. The van der Waals surface area contributed by atoms with Crippen molar-refractivity contribution in [1.29, 1.82) is 0 Å². The molecule has 0 heterocycles. The fourth-order valence-corrected chi connectivity index (χ4v) is 4.92. The van der Waals surface area contributed by atoms with Gasteiger partial charge in [-0.25, -0.2) is 0 Å². The minimum Gasteiger partial charge on any atom is -0.480 e. The van der Waals surface area contributed by atoms with Crippen LogP contribution in [0.15, 0.2) is 36.5 Å². The van der Waals surface area contributed by atoms with Crippen LogP contribution in [0.1, 0.15) is 168 Å². The second-order valence-electron chi connectivity index (χ2n) is 11.8. The number of ether oxygens (including phenoxy) is 1. The van der Waals surface area contributed by atoms with Crippen LogP contribution in [0, 0.1) is 0 Å². The second-order valence-corrected chi connectivity index (χ2v) is 11.8. The Morgan fingerprint density at radius 3 is 1.70 bits per heavy atom. The van der Waals surface area contributed by atoms with Crippen molar-refractivity contribution in [2.24, 2.45) is 0 Å². The van der Waals surface area contributed by atoms with Gasteiger partial charge in [-0.3, -0.25) is 14.4 Å². The van der Waals surface area contributed by atoms with Gasteiger partial charge >= 0.3 is 11.9 Å². The molecule has 6 nitrogen and oxygen atoms in total. The van der Waals surface area contributed by atoms with Crippen LogP contribution in [0.2, 0.25) is 0 Å². The van der Waals surface area contributed by atoms with E-state index >= 15 is 0 Å². The van der Waals surface area contributed by atoms with E-state index in [1.54, 1.807) is 0 Å². The Balaban J connectivity index is 3.73. The zero-order valence-corrected chi connectivity index (χ0v) is 27.8. The van der Waals surface area contributed by atoms with E-state index in [1.165, 1.54) is 64.2 Å². The third-order valence-electron chi connectivity index (χ3n) is 7.56. The number of esters is 1. The average molecular weight is 604 g/mol. The van der Waals surface area contributed by atoms with E-state index < -0.39 is 5.97 Å². The Kier molecular flexibility index (Phi) is 30.7. The summed E-state index contributed by atoms with van der Waals surface area (Å²) < 4.78 is 5.79. The first kappa shape index (κ1) is 40.6. The molecule has 0 fully saturated rings. The highest BCUT2D eigenvalue weighted by Gasteiger charge is 2.14. The zero-order valence-electron chi connectivity index (χ0n) is 27.8. The third-order valence-corrected chi connectivity index (χ3v) is 7.56. The molecule has 1 amide bonds. The van der Waals surface area contributed by atoms with Crippen molar-refractivity contribution in [2.75, 3.05) is 6.54 Å². The molecule has 0 aromatic rings. The molecule has 2 N–H and O–H groups in total. The summed E-state index contributed by atoms with van der Waals surface area (Å²) in [5.74, 6) is -1.34. The third kappa shape index (κ3) is 32.4. The highest BCUT2D eigenvalue weighted by atomic mass is 16.5. The molecular weight excluding hydrogens is 538 g/mol. The number of hydrogen-bond acceptors (Lipinski definition) is 4. The minimum absolute atomic E-state index is 0.0384. The summed E-state index contributed by atoms with van der Waals surface area (Å²) in [5, 5.41) is 11.0. The van der Waals surface area contributed by atoms with Crippen LogP contribution in [0.4, 0.5) is 0 Å². The van der Waals surface area contributed by atoms with Crippen LogP contribution < -0.4 is 5.32 Å². The fraction of sp³-hybridized carbons (Fsp3) is 0.757. The predicted octanol–water partition coefficient (Wildman–Crippen LogP) is 10.2. The van der Waals surface area contributed by atoms with Crippen molar-refractivity contribution in [3.8, 4) is 0 Å². The lowest BCUT2D eigenvalue weighted by atomic mass is 10.0. The van der Waals surface area contributed by atoms with Gasteiger partial charge in [-0.1, -0.05) is 121 Å². The van der Waals surface area contributed by atoms with Crippen molar-refractivity contribution < 1.29 is 24.2 Å². The highest BCUT2D eigenvalue weighted by Crippen LogP contribution is 2.16. The normalized spacial score (nSPS) is 12.4. The number of rotatable bonds is 31. The van der Waals surface area contributed by atoms with Crippen LogP contribution in [0.3, 0.4) is 0 Å². The molecule has 1 atom stereocenters. The Morgan fingerprint density at radius 1 is 0.605 bits per heavy atom. The van der Waals surface area contributed by atoms with Gasteiger partial charge in [-0.15, -0.1) is 0 Å². The van der Waals surface area contributed by atoms with Crippen molar-refractivity contribution in [1.82, 2.24) is 5.32 Å². The Morgan fingerprint density at radius 2 is 1.09 bits per heavy atom. The minimum atomic E-state index is -1.03. The van der Waals surface area contributed by atoms with Gasteiger partial charge in [0.05, 0.1) is 0 Å². The predicted molar refractivity (Wildman–Crippen MR) is 180 cm³/mol. The number of carbonyl (C=O) groups excluding carboxylic acids is 2. The van der Waals surface area contributed by atoms with Crippen LogP contribution in [0.25, 0.3) is 0 Å². The second kappa shape index (κ2) is 32.5. The molecule has 0 saturated heterocycles. The number of allylic oxidation sites excluding steroid dienone is 6. The molecule has 1 unspecified atom stereocenters. The van der Waals surface area contributed by atoms with Gasteiger partial charge in [-0.2, -0.15) is 0 Å². The quantitative estimate of drug-likeness (QED) is 0.0467. The number of unbranched alkanes of at least 4 members (excludes halogenated alkanes) is 14. The summed E-state index contributed by atoms with van der Waals surface area (Å²) in [4.78, 5) is 34.5. The van der Waals surface area contributed by atoms with Gasteiger partial charge in [0.15, 0.2) is 0 Å². The molecule has 0 aromatic heterocycles. The number of carboxylic acids is 1. The standard InChI is InChI=1S/C37H65NO5/c1-3-5-7-8-9-10-11-12-13-14-15-16-17-18-19-20-21-22-23-24-28-32-37(42)43-34(29-6-4-2)30-26-25-27-31-35(39)38-33-36(40)41/h11-12,14-15,17-18,34H,3-10,13,16,19-33H2,1-2H3,(H,38,39)(H,40,41)/b12-11-,15-14-,18-17-. The maximum Gasteiger partial charge on any atom is 0.322 e. The number of nitrogens with one attached hydrogen (secondary N) is 1. The lowest BCUT2D eigenvalue weighted by Crippen LogP contribution is -2.28. The van der Waals surface area contributed by atoms with Crippen molar-refractivity contribution >= 4 is 17.8 Å².